The van der Waals surface area contributed by atoms with Crippen LogP contribution < -0.4 is 5.32 Å². The van der Waals surface area contributed by atoms with E-state index < -0.39 is 0 Å². The number of aromatic amines is 1. The van der Waals surface area contributed by atoms with Crippen molar-refractivity contribution in [3.63, 3.8) is 0 Å². The van der Waals surface area contributed by atoms with Gasteiger partial charge in [-0.25, -0.2) is 4.98 Å². The molecule has 0 aliphatic rings. The molecule has 0 aliphatic carbocycles. The van der Waals surface area contributed by atoms with Crippen LogP contribution in [0.3, 0.4) is 0 Å². The Labute approximate surface area is 96.3 Å². The fourth-order valence-corrected chi connectivity index (χ4v) is 1.80. The number of unbranched alkanes of at least 4 members (excludes halogenated alkanes) is 3. The highest BCUT2D eigenvalue weighted by atomic mass is 15.1. The molecule has 1 aromatic heterocycles. The van der Waals surface area contributed by atoms with Gasteiger partial charge in [-0.3, -0.25) is 0 Å². The molecule has 0 aliphatic heterocycles. The summed E-state index contributed by atoms with van der Waals surface area (Å²) in [4.78, 5) is 7.73. The molecule has 1 aromatic carbocycles. The van der Waals surface area contributed by atoms with Crippen LogP contribution in [0.2, 0.25) is 0 Å². The van der Waals surface area contributed by atoms with E-state index in [-0.39, 0.29) is 0 Å². The van der Waals surface area contributed by atoms with Crippen molar-refractivity contribution in [1.29, 1.82) is 0 Å². The molecule has 2 N–H and O–H groups in total. The standard InChI is InChI=1S/C13H19N3/c1-2-3-4-7-10-14-13-15-11-8-5-6-9-12(11)16-13/h5-6,8-9H,2-4,7,10H2,1H3,(H2,14,15,16). The second kappa shape index (κ2) is 5.54. The van der Waals surface area contributed by atoms with Crippen molar-refractivity contribution in [1.82, 2.24) is 9.97 Å². The van der Waals surface area contributed by atoms with Crippen molar-refractivity contribution in [3.8, 4) is 0 Å². The van der Waals surface area contributed by atoms with Gasteiger partial charge in [-0.05, 0) is 18.6 Å². The summed E-state index contributed by atoms with van der Waals surface area (Å²) in [5.41, 5.74) is 2.12. The van der Waals surface area contributed by atoms with Crippen LogP contribution in [0, 0.1) is 0 Å². The zero-order chi connectivity index (χ0) is 11.2. The van der Waals surface area contributed by atoms with Crippen LogP contribution in [0.4, 0.5) is 5.95 Å². The number of hydrogen-bond donors (Lipinski definition) is 2. The van der Waals surface area contributed by atoms with E-state index in [1.54, 1.807) is 0 Å². The predicted molar refractivity (Wildman–Crippen MR) is 68.7 cm³/mol. The van der Waals surface area contributed by atoms with E-state index in [1.165, 1.54) is 25.7 Å². The summed E-state index contributed by atoms with van der Waals surface area (Å²) in [6.07, 6.45) is 5.11. The Morgan fingerprint density at radius 3 is 2.88 bits per heavy atom. The number of nitrogens with one attached hydrogen (secondary N) is 2. The SMILES string of the molecule is CCCCCCNc1nc2ccccc2[nH]1. The minimum Gasteiger partial charge on any atom is -0.356 e. The van der Waals surface area contributed by atoms with Crippen LogP contribution in [-0.4, -0.2) is 16.5 Å². The summed E-state index contributed by atoms with van der Waals surface area (Å²) in [7, 11) is 0. The van der Waals surface area contributed by atoms with E-state index in [9.17, 15) is 0 Å². The van der Waals surface area contributed by atoms with Crippen LogP contribution in [0.1, 0.15) is 32.6 Å². The first-order valence-corrected chi connectivity index (χ1v) is 6.09. The third kappa shape index (κ3) is 2.75. The lowest BCUT2D eigenvalue weighted by molar-refractivity contribution is 0.684. The van der Waals surface area contributed by atoms with Gasteiger partial charge in [0, 0.05) is 6.54 Å². The molecule has 0 saturated heterocycles. The first kappa shape index (κ1) is 11.0. The Kier molecular flexibility index (Phi) is 3.81. The molecule has 0 amide bonds. The molecular formula is C13H19N3. The zero-order valence-electron chi connectivity index (χ0n) is 9.79. The van der Waals surface area contributed by atoms with Crippen molar-refractivity contribution in [2.24, 2.45) is 0 Å². The number of nitrogens with zero attached hydrogens (tertiary/aromatic N) is 1. The van der Waals surface area contributed by atoms with Crippen LogP contribution in [-0.2, 0) is 0 Å². The van der Waals surface area contributed by atoms with Gasteiger partial charge in [0.2, 0.25) is 5.95 Å². The Balaban J connectivity index is 1.85. The molecule has 0 saturated carbocycles. The minimum atomic E-state index is 0.887. The number of imidazole rings is 1. The first-order chi connectivity index (χ1) is 7.90. The van der Waals surface area contributed by atoms with E-state index in [4.69, 9.17) is 0 Å². The molecular weight excluding hydrogens is 198 g/mol. The van der Waals surface area contributed by atoms with E-state index >= 15 is 0 Å². The third-order valence-corrected chi connectivity index (χ3v) is 2.71. The minimum absolute atomic E-state index is 0.887. The molecule has 2 aromatic rings. The van der Waals surface area contributed by atoms with Gasteiger partial charge >= 0.3 is 0 Å². The summed E-state index contributed by atoms with van der Waals surface area (Å²) < 4.78 is 0. The van der Waals surface area contributed by atoms with Crippen LogP contribution in [0.25, 0.3) is 11.0 Å². The topological polar surface area (TPSA) is 40.7 Å². The maximum atomic E-state index is 4.46. The number of fused-ring (bicyclic) bond motifs is 1. The molecule has 0 atom stereocenters. The first-order valence-electron chi connectivity index (χ1n) is 6.09. The van der Waals surface area contributed by atoms with Gasteiger partial charge in [0.25, 0.3) is 0 Å². The monoisotopic (exact) mass is 217 g/mol. The van der Waals surface area contributed by atoms with Gasteiger partial charge in [0.05, 0.1) is 11.0 Å². The highest BCUT2D eigenvalue weighted by Gasteiger charge is 1.99. The molecule has 0 fully saturated rings. The summed E-state index contributed by atoms with van der Waals surface area (Å²) in [6.45, 7) is 3.23. The predicted octanol–water partition coefficient (Wildman–Crippen LogP) is 3.56. The summed E-state index contributed by atoms with van der Waals surface area (Å²) in [5, 5.41) is 3.33. The number of hydrogen-bond acceptors (Lipinski definition) is 2. The largest absolute Gasteiger partial charge is 0.356 e. The average Bonchev–Trinajstić information content (AvgIpc) is 2.71. The Morgan fingerprint density at radius 1 is 1.19 bits per heavy atom. The molecule has 1 heterocycles. The van der Waals surface area contributed by atoms with Crippen LogP contribution in [0.15, 0.2) is 24.3 Å². The Hall–Kier alpha value is -1.51. The van der Waals surface area contributed by atoms with Gasteiger partial charge in [-0.2, -0.15) is 0 Å². The fourth-order valence-electron chi connectivity index (χ4n) is 1.80. The van der Waals surface area contributed by atoms with Gasteiger partial charge < -0.3 is 10.3 Å². The molecule has 3 nitrogen and oxygen atoms in total. The third-order valence-electron chi connectivity index (χ3n) is 2.71. The highest BCUT2D eigenvalue weighted by Crippen LogP contribution is 2.13. The lowest BCUT2D eigenvalue weighted by Gasteiger charge is -2.01. The second-order valence-electron chi connectivity index (χ2n) is 4.09. The van der Waals surface area contributed by atoms with Crippen LogP contribution in [0.5, 0.6) is 0 Å². The number of benzene rings is 1. The average molecular weight is 217 g/mol. The maximum absolute atomic E-state index is 4.46. The summed E-state index contributed by atoms with van der Waals surface area (Å²) in [5.74, 6) is 0.887. The van der Waals surface area contributed by atoms with Crippen molar-refractivity contribution >= 4 is 17.0 Å². The summed E-state index contributed by atoms with van der Waals surface area (Å²) >= 11 is 0. The molecule has 0 unspecified atom stereocenters. The number of aromatic nitrogens is 2. The second-order valence-corrected chi connectivity index (χ2v) is 4.09. The van der Waals surface area contributed by atoms with Crippen molar-refractivity contribution < 1.29 is 0 Å². The fraction of sp³-hybridized carbons (Fsp3) is 0.462. The van der Waals surface area contributed by atoms with Crippen LogP contribution >= 0.6 is 0 Å². The molecule has 3 heteroatoms. The van der Waals surface area contributed by atoms with Crippen molar-refractivity contribution in [2.75, 3.05) is 11.9 Å². The van der Waals surface area contributed by atoms with Gasteiger partial charge in [-0.1, -0.05) is 38.3 Å². The Bertz CT molecular complexity index is 400. The maximum Gasteiger partial charge on any atom is 0.201 e. The molecule has 16 heavy (non-hydrogen) atoms. The molecule has 86 valence electrons. The number of anilines is 1. The van der Waals surface area contributed by atoms with Gasteiger partial charge in [0.1, 0.15) is 0 Å². The highest BCUT2D eigenvalue weighted by molar-refractivity contribution is 5.77. The van der Waals surface area contributed by atoms with Crippen molar-refractivity contribution in [3.05, 3.63) is 24.3 Å². The van der Waals surface area contributed by atoms with Crippen molar-refractivity contribution in [2.45, 2.75) is 32.6 Å². The summed E-state index contributed by atoms with van der Waals surface area (Å²) in [6, 6.07) is 8.10. The number of rotatable bonds is 6. The number of H-pyrrole nitrogens is 1. The lowest BCUT2D eigenvalue weighted by Crippen LogP contribution is -2.02. The van der Waals surface area contributed by atoms with E-state index in [2.05, 4.69) is 22.2 Å². The molecule has 0 radical (unpaired) electrons. The zero-order valence-corrected chi connectivity index (χ0v) is 9.79. The van der Waals surface area contributed by atoms with E-state index in [0.29, 0.717) is 0 Å². The smallest absolute Gasteiger partial charge is 0.201 e. The quantitative estimate of drug-likeness (QED) is 0.726. The van der Waals surface area contributed by atoms with E-state index in [1.807, 2.05) is 24.3 Å². The normalized spacial score (nSPS) is 10.8. The molecule has 2 rings (SSSR count). The molecule has 0 bridgehead atoms. The Morgan fingerprint density at radius 2 is 2.06 bits per heavy atom. The number of para-hydroxylation sites is 2. The van der Waals surface area contributed by atoms with E-state index in [0.717, 1.165) is 23.5 Å². The van der Waals surface area contributed by atoms with Gasteiger partial charge in [-0.15, -0.1) is 0 Å². The lowest BCUT2D eigenvalue weighted by atomic mass is 10.2. The molecule has 0 spiro atoms. The van der Waals surface area contributed by atoms with Gasteiger partial charge in [0.15, 0.2) is 0 Å².